The van der Waals surface area contributed by atoms with E-state index in [1.165, 1.54) is 0 Å². The van der Waals surface area contributed by atoms with Gasteiger partial charge < -0.3 is 67.1 Å². The van der Waals surface area contributed by atoms with Crippen molar-refractivity contribution in [2.24, 2.45) is 0 Å². The zero-order valence-corrected chi connectivity index (χ0v) is 34.4. The van der Waals surface area contributed by atoms with Gasteiger partial charge in [0.05, 0.1) is 52.9 Å². The molecule has 19 heteroatoms. The molecule has 0 amide bonds. The van der Waals surface area contributed by atoms with E-state index in [1.807, 2.05) is 48.5 Å². The molecule has 2 aliphatic heterocycles. The summed E-state index contributed by atoms with van der Waals surface area (Å²) in [4.78, 5) is 49.7. The number of hydrogen-bond acceptors (Lipinski definition) is 18. The van der Waals surface area contributed by atoms with E-state index in [-0.39, 0.29) is 33.0 Å². The first-order valence-electron chi connectivity index (χ1n) is 19.2. The zero-order chi connectivity index (χ0) is 43.5. The molecule has 0 aliphatic carbocycles. The van der Waals surface area contributed by atoms with Gasteiger partial charge in [-0.25, -0.2) is 4.79 Å². The molecule has 0 radical (unpaired) electrons. The molecule has 0 bridgehead atoms. The Kier molecular flexibility index (Phi) is 20.3. The molecule has 332 valence electrons. The van der Waals surface area contributed by atoms with Crippen LogP contribution in [0.1, 0.15) is 31.9 Å². The highest BCUT2D eigenvalue weighted by molar-refractivity contribution is 6.17. The summed E-state index contributed by atoms with van der Waals surface area (Å²) in [7, 11) is 0. The van der Waals surface area contributed by atoms with E-state index < -0.39 is 98.2 Å². The maximum absolute atomic E-state index is 12.9. The highest BCUT2D eigenvalue weighted by atomic mass is 35.5. The van der Waals surface area contributed by atoms with E-state index in [2.05, 4.69) is 6.58 Å². The van der Waals surface area contributed by atoms with Gasteiger partial charge in [0.15, 0.2) is 18.5 Å². The van der Waals surface area contributed by atoms with E-state index >= 15 is 0 Å². The molecule has 2 saturated heterocycles. The molecule has 4 rings (SSSR count). The first-order chi connectivity index (χ1) is 28.9. The largest absolute Gasteiger partial charge is 0.463 e. The van der Waals surface area contributed by atoms with Gasteiger partial charge in [-0.15, -0.1) is 11.6 Å². The second-order valence-electron chi connectivity index (χ2n) is 13.4. The Morgan fingerprint density at radius 1 is 0.717 bits per heavy atom. The fourth-order valence-corrected chi connectivity index (χ4v) is 6.44. The molecule has 0 saturated carbocycles. The monoisotopic (exact) mass is 868 g/mol. The molecule has 0 unspecified atom stereocenters. The van der Waals surface area contributed by atoms with Gasteiger partial charge in [-0.05, 0) is 11.1 Å². The molecule has 2 fully saturated rings. The Morgan fingerprint density at radius 2 is 1.28 bits per heavy atom. The summed E-state index contributed by atoms with van der Waals surface area (Å²) >= 11 is 5.66. The van der Waals surface area contributed by atoms with E-state index in [1.54, 1.807) is 12.1 Å². The van der Waals surface area contributed by atoms with Gasteiger partial charge in [0, 0.05) is 32.7 Å². The topological polar surface area (TPSA) is 219 Å². The van der Waals surface area contributed by atoms with Crippen molar-refractivity contribution in [3.8, 4) is 0 Å². The minimum absolute atomic E-state index is 0.00743. The molecule has 2 heterocycles. The van der Waals surface area contributed by atoms with Crippen molar-refractivity contribution in [2.45, 2.75) is 95.1 Å². The third-order valence-electron chi connectivity index (χ3n) is 8.88. The standard InChI is InChI=1S/C41H53ClO18/c1-5-33(47)58-39-37(56-28(4)46)34(55-27(3)45)32(25-52-26(2)44)59-41(39,48)60-35-31(22-43)57-40(51-21-20-50-19-18-49-17-16-42)38(54-24-30-14-10-7-11-15-30)36(35)53-23-29-12-8-6-9-13-29/h5-15,31-32,34-40,43,48H,1,16-25H2,2-4H3/t31-,32-,34+,35-,36+,37+,38-,39-,40-,41+/m1/s1. The molecule has 10 atom stereocenters. The van der Waals surface area contributed by atoms with Crippen LogP contribution in [0.15, 0.2) is 73.3 Å². The zero-order valence-electron chi connectivity index (χ0n) is 33.6. The van der Waals surface area contributed by atoms with Gasteiger partial charge >= 0.3 is 29.9 Å². The van der Waals surface area contributed by atoms with Crippen LogP contribution < -0.4 is 0 Å². The Labute approximate surface area is 352 Å². The molecule has 2 N–H and O–H groups in total. The number of aliphatic hydroxyl groups is 2. The Balaban J connectivity index is 1.78. The highest BCUT2D eigenvalue weighted by Crippen LogP contribution is 2.40. The lowest BCUT2D eigenvalue weighted by molar-refractivity contribution is -0.474. The quantitative estimate of drug-likeness (QED) is 0.0385. The van der Waals surface area contributed by atoms with Gasteiger partial charge in [0.25, 0.3) is 0 Å². The van der Waals surface area contributed by atoms with Crippen molar-refractivity contribution in [1.82, 2.24) is 0 Å². The molecule has 60 heavy (non-hydrogen) atoms. The average Bonchev–Trinajstić information content (AvgIpc) is 3.22. The number of alkyl halides is 1. The number of hydrogen-bond donors (Lipinski definition) is 2. The van der Waals surface area contributed by atoms with Crippen molar-refractivity contribution in [3.63, 3.8) is 0 Å². The van der Waals surface area contributed by atoms with Crippen molar-refractivity contribution in [3.05, 3.63) is 84.4 Å². The number of esters is 4. The lowest BCUT2D eigenvalue weighted by atomic mass is 9.94. The summed E-state index contributed by atoms with van der Waals surface area (Å²) in [6, 6.07) is 18.2. The third-order valence-corrected chi connectivity index (χ3v) is 9.04. The number of carbonyl (C=O) groups is 4. The second kappa shape index (κ2) is 25.0. The van der Waals surface area contributed by atoms with Crippen LogP contribution >= 0.6 is 11.6 Å². The third kappa shape index (κ3) is 14.8. The van der Waals surface area contributed by atoms with Gasteiger partial charge in [-0.1, -0.05) is 67.2 Å². The summed E-state index contributed by atoms with van der Waals surface area (Å²) in [6.07, 6.45) is -13.1. The van der Waals surface area contributed by atoms with Crippen LogP contribution in [0.3, 0.4) is 0 Å². The summed E-state index contributed by atoms with van der Waals surface area (Å²) < 4.78 is 70.4. The van der Waals surface area contributed by atoms with Gasteiger partial charge in [-0.3, -0.25) is 14.4 Å². The van der Waals surface area contributed by atoms with Gasteiger partial charge in [-0.2, -0.15) is 0 Å². The fraction of sp³-hybridized carbons (Fsp3) is 0.561. The number of carbonyl (C=O) groups excluding carboxylic acids is 4. The van der Waals surface area contributed by atoms with E-state index in [4.69, 9.17) is 68.4 Å². The summed E-state index contributed by atoms with van der Waals surface area (Å²) in [6.45, 7) is 6.15. The molecular weight excluding hydrogens is 816 g/mol. The van der Waals surface area contributed by atoms with Crippen molar-refractivity contribution in [2.75, 3.05) is 52.1 Å². The normalized spacial score (nSPS) is 27.7. The van der Waals surface area contributed by atoms with Crippen molar-refractivity contribution >= 4 is 35.5 Å². The average molecular weight is 869 g/mol. The molecule has 2 aromatic carbocycles. The van der Waals surface area contributed by atoms with E-state index in [0.717, 1.165) is 38.0 Å². The number of ether oxygens (including phenoxy) is 12. The van der Waals surface area contributed by atoms with E-state index in [0.29, 0.717) is 19.1 Å². The van der Waals surface area contributed by atoms with Crippen molar-refractivity contribution < 1.29 is 86.2 Å². The molecule has 2 aromatic rings. The lowest BCUT2D eigenvalue weighted by Crippen LogP contribution is -2.72. The Morgan fingerprint density at radius 3 is 1.83 bits per heavy atom. The van der Waals surface area contributed by atoms with Crippen LogP contribution in [0.5, 0.6) is 0 Å². The number of rotatable bonds is 24. The SMILES string of the molecule is C=CC(=O)O[C@@H]1[C@@H](OC(C)=O)[C@@H](OC(C)=O)[C@@H](COC(C)=O)O[C@]1(O)O[C@H]1[C@H](OCc2ccccc2)[C@@H](OCc2ccccc2)[C@H](OCCOCCOCCCl)O[C@@H]1CO. The number of aliphatic hydroxyl groups excluding tert-OH is 1. The Bertz CT molecular complexity index is 1630. The minimum atomic E-state index is -3.15. The highest BCUT2D eigenvalue weighted by Gasteiger charge is 2.63. The van der Waals surface area contributed by atoms with E-state index in [9.17, 15) is 29.4 Å². The summed E-state index contributed by atoms with van der Waals surface area (Å²) in [5.74, 6) is -6.56. The predicted octanol–water partition coefficient (Wildman–Crippen LogP) is 2.12. The van der Waals surface area contributed by atoms with Crippen LogP contribution in [-0.4, -0.2) is 147 Å². The fourth-order valence-electron chi connectivity index (χ4n) is 6.33. The van der Waals surface area contributed by atoms with Crippen LogP contribution in [0.25, 0.3) is 0 Å². The first-order valence-corrected chi connectivity index (χ1v) is 19.7. The smallest absolute Gasteiger partial charge is 0.330 e. The van der Waals surface area contributed by atoms with Crippen LogP contribution in [0.2, 0.25) is 0 Å². The first kappa shape index (κ1) is 48.6. The maximum atomic E-state index is 12.9. The van der Waals surface area contributed by atoms with Crippen LogP contribution in [0.4, 0.5) is 0 Å². The lowest BCUT2D eigenvalue weighted by Gasteiger charge is -2.51. The van der Waals surface area contributed by atoms with Crippen molar-refractivity contribution in [1.29, 1.82) is 0 Å². The molecule has 0 aromatic heterocycles. The second-order valence-corrected chi connectivity index (χ2v) is 13.8. The van der Waals surface area contributed by atoms with Gasteiger partial charge in [0.2, 0.25) is 6.10 Å². The summed E-state index contributed by atoms with van der Waals surface area (Å²) in [5, 5.41) is 23.4. The van der Waals surface area contributed by atoms with Crippen LogP contribution in [0, 0.1) is 0 Å². The molecule has 0 spiro atoms. The predicted molar refractivity (Wildman–Crippen MR) is 207 cm³/mol. The number of halogens is 1. The molecular formula is C41H53ClO18. The minimum Gasteiger partial charge on any atom is -0.463 e. The Hall–Kier alpha value is -4.05. The molecule has 2 aliphatic rings. The molecule has 18 nitrogen and oxygen atoms in total. The number of benzene rings is 2. The summed E-state index contributed by atoms with van der Waals surface area (Å²) in [5.41, 5.74) is 1.48. The van der Waals surface area contributed by atoms with Crippen LogP contribution in [-0.2, 0) is 89.2 Å². The van der Waals surface area contributed by atoms with Gasteiger partial charge in [0.1, 0.15) is 37.1 Å². The maximum Gasteiger partial charge on any atom is 0.330 e.